The summed E-state index contributed by atoms with van der Waals surface area (Å²) in [7, 11) is 0. The van der Waals surface area contributed by atoms with Crippen LogP contribution in [0, 0.1) is 19.7 Å². The lowest BCUT2D eigenvalue weighted by molar-refractivity contribution is 0.0992. The SMILES string of the molecule is Cc1cc(Cl)cc(C(=O)Cc2cc(F)ccc2C)c1. The summed E-state index contributed by atoms with van der Waals surface area (Å²) < 4.78 is 13.2. The maximum Gasteiger partial charge on any atom is 0.167 e. The molecule has 0 unspecified atom stereocenters. The third-order valence-corrected chi connectivity index (χ3v) is 3.24. The van der Waals surface area contributed by atoms with E-state index in [-0.39, 0.29) is 18.0 Å². The van der Waals surface area contributed by atoms with Gasteiger partial charge in [0.05, 0.1) is 0 Å². The molecule has 0 aliphatic carbocycles. The van der Waals surface area contributed by atoms with E-state index in [0.717, 1.165) is 11.1 Å². The van der Waals surface area contributed by atoms with Gasteiger partial charge in [-0.15, -0.1) is 0 Å². The van der Waals surface area contributed by atoms with Gasteiger partial charge in [0.1, 0.15) is 5.82 Å². The molecule has 0 amide bonds. The van der Waals surface area contributed by atoms with Crippen molar-refractivity contribution < 1.29 is 9.18 Å². The van der Waals surface area contributed by atoms with E-state index < -0.39 is 0 Å². The number of Topliss-reactive ketones (excluding diaryl/α,β-unsaturated/α-hetero) is 1. The molecule has 0 heterocycles. The normalized spacial score (nSPS) is 10.5. The lowest BCUT2D eigenvalue weighted by Crippen LogP contribution is -2.05. The molecule has 0 aliphatic heterocycles. The Morgan fingerprint density at radius 3 is 2.58 bits per heavy atom. The Balaban J connectivity index is 2.28. The lowest BCUT2D eigenvalue weighted by atomic mass is 9.98. The quantitative estimate of drug-likeness (QED) is 0.753. The number of halogens is 2. The van der Waals surface area contributed by atoms with Gasteiger partial charge in [0.2, 0.25) is 0 Å². The molecule has 1 nitrogen and oxygen atoms in total. The van der Waals surface area contributed by atoms with E-state index in [1.807, 2.05) is 13.8 Å². The van der Waals surface area contributed by atoms with Crippen molar-refractivity contribution in [1.29, 1.82) is 0 Å². The molecule has 19 heavy (non-hydrogen) atoms. The molecule has 0 aromatic heterocycles. The summed E-state index contributed by atoms with van der Waals surface area (Å²) in [6, 6.07) is 9.72. The molecule has 98 valence electrons. The molecule has 0 saturated carbocycles. The smallest absolute Gasteiger partial charge is 0.167 e. The molecule has 3 heteroatoms. The molecular formula is C16H14ClFO. The number of carbonyl (C=O) groups excluding carboxylic acids is 1. The zero-order valence-electron chi connectivity index (χ0n) is 10.8. The monoisotopic (exact) mass is 276 g/mol. The van der Waals surface area contributed by atoms with Crippen molar-refractivity contribution in [3.05, 3.63) is 69.5 Å². The molecule has 0 aliphatic rings. The van der Waals surface area contributed by atoms with Crippen molar-refractivity contribution >= 4 is 17.4 Å². The molecule has 2 aromatic carbocycles. The van der Waals surface area contributed by atoms with Crippen LogP contribution in [0.3, 0.4) is 0 Å². The molecule has 0 N–H and O–H groups in total. The molecule has 2 aromatic rings. The van der Waals surface area contributed by atoms with E-state index in [2.05, 4.69) is 0 Å². The first-order valence-corrected chi connectivity index (χ1v) is 6.39. The van der Waals surface area contributed by atoms with Gasteiger partial charge in [-0.1, -0.05) is 17.7 Å². The maximum absolute atomic E-state index is 13.2. The van der Waals surface area contributed by atoms with Crippen LogP contribution in [0.5, 0.6) is 0 Å². The fourth-order valence-corrected chi connectivity index (χ4v) is 2.29. The topological polar surface area (TPSA) is 17.1 Å². The zero-order chi connectivity index (χ0) is 14.0. The van der Waals surface area contributed by atoms with Crippen LogP contribution in [-0.4, -0.2) is 5.78 Å². The highest BCUT2D eigenvalue weighted by Crippen LogP contribution is 2.18. The van der Waals surface area contributed by atoms with Crippen LogP contribution in [0.1, 0.15) is 27.0 Å². The Kier molecular flexibility index (Phi) is 4.01. The van der Waals surface area contributed by atoms with Gasteiger partial charge in [-0.25, -0.2) is 4.39 Å². The molecule has 0 fully saturated rings. The van der Waals surface area contributed by atoms with Crippen LogP contribution in [0.15, 0.2) is 36.4 Å². The summed E-state index contributed by atoms with van der Waals surface area (Å²) in [6.45, 7) is 3.75. The summed E-state index contributed by atoms with van der Waals surface area (Å²) in [4.78, 5) is 12.2. The zero-order valence-corrected chi connectivity index (χ0v) is 11.6. The molecule has 0 spiro atoms. The highest BCUT2D eigenvalue weighted by molar-refractivity contribution is 6.31. The molecule has 0 atom stereocenters. The number of hydrogen-bond acceptors (Lipinski definition) is 1. The maximum atomic E-state index is 13.2. The fraction of sp³-hybridized carbons (Fsp3) is 0.188. The number of carbonyl (C=O) groups is 1. The minimum Gasteiger partial charge on any atom is -0.294 e. The molecule has 2 rings (SSSR count). The Labute approximate surface area is 117 Å². The Morgan fingerprint density at radius 1 is 1.16 bits per heavy atom. The van der Waals surface area contributed by atoms with E-state index >= 15 is 0 Å². The van der Waals surface area contributed by atoms with Gasteiger partial charge in [-0.2, -0.15) is 0 Å². The summed E-state index contributed by atoms with van der Waals surface area (Å²) in [6.07, 6.45) is 0.184. The highest BCUT2D eigenvalue weighted by atomic mass is 35.5. The molecule has 0 bridgehead atoms. The average molecular weight is 277 g/mol. The first kappa shape index (κ1) is 13.8. The first-order chi connectivity index (χ1) is 8.95. The molecule has 0 radical (unpaired) electrons. The van der Waals surface area contributed by atoms with E-state index in [4.69, 9.17) is 11.6 Å². The van der Waals surface area contributed by atoms with Crippen molar-refractivity contribution in [3.8, 4) is 0 Å². The van der Waals surface area contributed by atoms with Crippen molar-refractivity contribution in [2.75, 3.05) is 0 Å². The average Bonchev–Trinajstić information content (AvgIpc) is 2.32. The summed E-state index contributed by atoms with van der Waals surface area (Å²) in [5, 5.41) is 0.541. The van der Waals surface area contributed by atoms with E-state index in [1.54, 1.807) is 24.3 Å². The summed E-state index contributed by atoms with van der Waals surface area (Å²) in [5.41, 5.74) is 3.12. The van der Waals surface area contributed by atoms with Gasteiger partial charge in [0.25, 0.3) is 0 Å². The van der Waals surface area contributed by atoms with Gasteiger partial charge in [0.15, 0.2) is 5.78 Å². The Morgan fingerprint density at radius 2 is 1.89 bits per heavy atom. The number of ketones is 1. The van der Waals surface area contributed by atoms with Gasteiger partial charge in [-0.3, -0.25) is 4.79 Å². The second-order valence-corrected chi connectivity index (χ2v) is 5.12. The van der Waals surface area contributed by atoms with Crippen molar-refractivity contribution in [3.63, 3.8) is 0 Å². The molecule has 0 saturated heterocycles. The van der Waals surface area contributed by atoms with E-state index in [0.29, 0.717) is 16.1 Å². The second-order valence-electron chi connectivity index (χ2n) is 4.69. The van der Waals surface area contributed by atoms with Gasteiger partial charge in [-0.05, 0) is 60.9 Å². The predicted molar refractivity (Wildman–Crippen MR) is 75.4 cm³/mol. The minimum atomic E-state index is -0.323. The van der Waals surface area contributed by atoms with Gasteiger partial charge >= 0.3 is 0 Å². The van der Waals surface area contributed by atoms with Crippen LogP contribution < -0.4 is 0 Å². The van der Waals surface area contributed by atoms with Crippen LogP contribution in [0.2, 0.25) is 5.02 Å². The van der Waals surface area contributed by atoms with E-state index in [9.17, 15) is 9.18 Å². The van der Waals surface area contributed by atoms with Gasteiger partial charge < -0.3 is 0 Å². The van der Waals surface area contributed by atoms with Crippen LogP contribution in [-0.2, 0) is 6.42 Å². The van der Waals surface area contributed by atoms with Crippen LogP contribution in [0.25, 0.3) is 0 Å². The van der Waals surface area contributed by atoms with Crippen molar-refractivity contribution in [2.45, 2.75) is 20.3 Å². The number of hydrogen-bond donors (Lipinski definition) is 0. The first-order valence-electron chi connectivity index (χ1n) is 6.01. The largest absolute Gasteiger partial charge is 0.294 e. The third-order valence-electron chi connectivity index (χ3n) is 3.03. The summed E-state index contributed by atoms with van der Waals surface area (Å²) >= 11 is 5.94. The lowest BCUT2D eigenvalue weighted by Gasteiger charge is -2.07. The predicted octanol–water partition coefficient (Wildman–Crippen LogP) is 4.52. The second kappa shape index (κ2) is 5.54. The molecular weight excluding hydrogens is 263 g/mol. The van der Waals surface area contributed by atoms with Crippen molar-refractivity contribution in [1.82, 2.24) is 0 Å². The fourth-order valence-electron chi connectivity index (χ4n) is 2.00. The Hall–Kier alpha value is -1.67. The number of aryl methyl sites for hydroxylation is 2. The summed E-state index contributed by atoms with van der Waals surface area (Å²) in [5.74, 6) is -0.380. The minimum absolute atomic E-state index is 0.0562. The third kappa shape index (κ3) is 3.42. The number of benzene rings is 2. The number of rotatable bonds is 3. The van der Waals surface area contributed by atoms with E-state index in [1.165, 1.54) is 12.1 Å². The highest BCUT2D eigenvalue weighted by Gasteiger charge is 2.11. The van der Waals surface area contributed by atoms with Crippen LogP contribution >= 0.6 is 11.6 Å². The van der Waals surface area contributed by atoms with Crippen molar-refractivity contribution in [2.24, 2.45) is 0 Å². The van der Waals surface area contributed by atoms with Crippen LogP contribution in [0.4, 0.5) is 4.39 Å². The Bertz CT molecular complexity index is 614. The van der Waals surface area contributed by atoms with Gasteiger partial charge in [0, 0.05) is 17.0 Å². The standard InChI is InChI=1S/C16H14ClFO/c1-10-5-13(7-14(17)6-10)16(19)9-12-8-15(18)4-3-11(12)2/h3-8H,9H2,1-2H3.